The fourth-order valence-electron chi connectivity index (χ4n) is 2.08. The molecule has 0 amide bonds. The van der Waals surface area contributed by atoms with Gasteiger partial charge in [-0.05, 0) is 41.9 Å². The Hall–Kier alpha value is -0.220. The second-order valence-corrected chi connectivity index (χ2v) is 6.66. The predicted molar refractivity (Wildman–Crippen MR) is 78.4 cm³/mol. The minimum Gasteiger partial charge on any atom is -0.392 e. The molecule has 1 aliphatic heterocycles. The second kappa shape index (κ2) is 6.29. The second-order valence-electron chi connectivity index (χ2n) is 5.09. The van der Waals surface area contributed by atoms with Crippen LogP contribution in [0.1, 0.15) is 31.9 Å². The van der Waals surface area contributed by atoms with Crippen LogP contribution in [-0.2, 0) is 0 Å². The Morgan fingerprint density at radius 3 is 3.00 bits per heavy atom. The minimum atomic E-state index is -0.290. The maximum atomic E-state index is 9.87. The summed E-state index contributed by atoms with van der Waals surface area (Å²) in [7, 11) is 0. The largest absolute Gasteiger partial charge is 0.392 e. The van der Waals surface area contributed by atoms with E-state index in [0.29, 0.717) is 12.6 Å². The van der Waals surface area contributed by atoms with E-state index in [9.17, 15) is 5.11 Å². The first-order chi connectivity index (χ1) is 8.58. The summed E-state index contributed by atoms with van der Waals surface area (Å²) in [6, 6.07) is 6.39. The van der Waals surface area contributed by atoms with Gasteiger partial charge in [-0.25, -0.2) is 0 Å². The number of aliphatic hydroxyl groups is 1. The van der Waals surface area contributed by atoms with Crippen molar-refractivity contribution in [2.75, 3.05) is 12.3 Å². The first-order valence-corrected chi connectivity index (χ1v) is 7.78. The van der Waals surface area contributed by atoms with Crippen LogP contribution in [0.2, 0.25) is 5.02 Å². The maximum Gasteiger partial charge on any atom is 0.0687 e. The molecule has 0 saturated carbocycles. The van der Waals surface area contributed by atoms with Crippen molar-refractivity contribution in [1.82, 2.24) is 5.32 Å². The summed E-state index contributed by atoms with van der Waals surface area (Å²) in [5.41, 5.74) is 1.27. The van der Waals surface area contributed by atoms with E-state index in [1.54, 1.807) is 0 Å². The molecule has 2 atom stereocenters. The number of thioether (sulfide) groups is 1. The normalized spacial score (nSPS) is 20.8. The molecule has 1 aromatic carbocycles. The summed E-state index contributed by atoms with van der Waals surface area (Å²) in [4.78, 5) is 1.31. The van der Waals surface area contributed by atoms with E-state index in [1.807, 2.05) is 37.7 Å². The van der Waals surface area contributed by atoms with Crippen molar-refractivity contribution in [3.05, 3.63) is 28.8 Å². The van der Waals surface area contributed by atoms with E-state index < -0.39 is 0 Å². The molecule has 0 spiro atoms. The van der Waals surface area contributed by atoms with Crippen LogP contribution in [0.4, 0.5) is 0 Å². The minimum absolute atomic E-state index is 0.286. The topological polar surface area (TPSA) is 32.3 Å². The highest BCUT2D eigenvalue weighted by molar-refractivity contribution is 7.99. The Kier molecular flexibility index (Phi) is 4.96. The fraction of sp³-hybridized carbons (Fsp3) is 0.571. The summed E-state index contributed by atoms with van der Waals surface area (Å²) >= 11 is 7.95. The van der Waals surface area contributed by atoms with Crippen molar-refractivity contribution in [3.8, 4) is 0 Å². The van der Waals surface area contributed by atoms with Gasteiger partial charge in [-0.15, -0.1) is 11.8 Å². The highest BCUT2D eigenvalue weighted by Gasteiger charge is 2.21. The summed E-state index contributed by atoms with van der Waals surface area (Å²) in [5.74, 6) is 1.40. The van der Waals surface area contributed by atoms with Gasteiger partial charge in [-0.2, -0.15) is 0 Å². The van der Waals surface area contributed by atoms with Gasteiger partial charge in [0.1, 0.15) is 0 Å². The Morgan fingerprint density at radius 1 is 1.50 bits per heavy atom. The molecule has 0 saturated heterocycles. The lowest BCUT2D eigenvalue weighted by Gasteiger charge is -2.28. The summed E-state index contributed by atoms with van der Waals surface area (Å²) in [6.07, 6.45) is 0.797. The highest BCUT2D eigenvalue weighted by atomic mass is 35.5. The average Bonchev–Trinajstić information content (AvgIpc) is 2.35. The quantitative estimate of drug-likeness (QED) is 0.888. The van der Waals surface area contributed by atoms with Crippen molar-refractivity contribution in [2.24, 2.45) is 5.92 Å². The molecule has 0 aromatic heterocycles. The van der Waals surface area contributed by atoms with E-state index in [-0.39, 0.29) is 12.0 Å². The lowest BCUT2D eigenvalue weighted by molar-refractivity contribution is 0.119. The molecule has 0 fully saturated rings. The van der Waals surface area contributed by atoms with Gasteiger partial charge in [0.05, 0.1) is 6.10 Å². The van der Waals surface area contributed by atoms with Gasteiger partial charge in [-0.3, -0.25) is 0 Å². The SMILES string of the molecule is CC(C)C(O)CNC1CCSc2ccc(Cl)cc21. The Balaban J connectivity index is 2.05. The molecule has 0 aliphatic carbocycles. The van der Waals surface area contributed by atoms with Crippen molar-refractivity contribution in [2.45, 2.75) is 37.3 Å². The van der Waals surface area contributed by atoms with Crippen LogP contribution in [0.25, 0.3) is 0 Å². The molecule has 18 heavy (non-hydrogen) atoms. The molecule has 4 heteroatoms. The molecule has 100 valence electrons. The predicted octanol–water partition coefficient (Wildman–Crippen LogP) is 3.48. The van der Waals surface area contributed by atoms with Crippen molar-refractivity contribution >= 4 is 23.4 Å². The molecule has 1 aliphatic rings. The number of rotatable bonds is 4. The zero-order valence-electron chi connectivity index (χ0n) is 10.8. The van der Waals surface area contributed by atoms with E-state index in [2.05, 4.69) is 11.4 Å². The zero-order valence-corrected chi connectivity index (χ0v) is 12.4. The van der Waals surface area contributed by atoms with E-state index in [4.69, 9.17) is 11.6 Å². The van der Waals surface area contributed by atoms with Crippen LogP contribution in [0.15, 0.2) is 23.1 Å². The van der Waals surface area contributed by atoms with Gasteiger partial charge in [0.25, 0.3) is 0 Å². The monoisotopic (exact) mass is 285 g/mol. The molecular weight excluding hydrogens is 266 g/mol. The maximum absolute atomic E-state index is 9.87. The van der Waals surface area contributed by atoms with Crippen LogP contribution >= 0.6 is 23.4 Å². The summed E-state index contributed by atoms with van der Waals surface area (Å²) in [5, 5.41) is 14.1. The third kappa shape index (κ3) is 3.41. The molecule has 0 bridgehead atoms. The van der Waals surface area contributed by atoms with Gasteiger partial charge in [0.2, 0.25) is 0 Å². The van der Waals surface area contributed by atoms with Gasteiger partial charge < -0.3 is 10.4 Å². The molecule has 2 N–H and O–H groups in total. The van der Waals surface area contributed by atoms with Crippen LogP contribution in [0.3, 0.4) is 0 Å². The van der Waals surface area contributed by atoms with Crippen LogP contribution in [0.5, 0.6) is 0 Å². The third-order valence-electron chi connectivity index (χ3n) is 3.35. The number of hydrogen-bond acceptors (Lipinski definition) is 3. The van der Waals surface area contributed by atoms with Gasteiger partial charge in [-0.1, -0.05) is 25.4 Å². The lowest BCUT2D eigenvalue weighted by atomic mass is 10.0. The Labute approximate surface area is 118 Å². The molecule has 0 radical (unpaired) electrons. The van der Waals surface area contributed by atoms with Crippen molar-refractivity contribution in [3.63, 3.8) is 0 Å². The molecule has 2 nitrogen and oxygen atoms in total. The van der Waals surface area contributed by atoms with Crippen molar-refractivity contribution in [1.29, 1.82) is 0 Å². The molecule has 2 rings (SSSR count). The summed E-state index contributed by atoms with van der Waals surface area (Å²) < 4.78 is 0. The fourth-order valence-corrected chi connectivity index (χ4v) is 3.36. The number of fused-ring (bicyclic) bond motifs is 1. The van der Waals surface area contributed by atoms with E-state index in [1.165, 1.54) is 10.5 Å². The van der Waals surface area contributed by atoms with Crippen LogP contribution in [0, 0.1) is 5.92 Å². The highest BCUT2D eigenvalue weighted by Crippen LogP contribution is 2.37. The van der Waals surface area contributed by atoms with Crippen LogP contribution in [-0.4, -0.2) is 23.5 Å². The molecular formula is C14H20ClNOS. The van der Waals surface area contributed by atoms with E-state index >= 15 is 0 Å². The number of hydrogen-bond donors (Lipinski definition) is 2. The number of aliphatic hydroxyl groups excluding tert-OH is 1. The Bertz CT molecular complexity index is 411. The molecule has 2 unspecified atom stereocenters. The smallest absolute Gasteiger partial charge is 0.0687 e. The lowest BCUT2D eigenvalue weighted by Crippen LogP contribution is -2.34. The first kappa shape index (κ1) is 14.2. The molecule has 1 aromatic rings. The zero-order chi connectivity index (χ0) is 13.1. The van der Waals surface area contributed by atoms with Gasteiger partial charge >= 0.3 is 0 Å². The molecule has 1 heterocycles. The standard InChI is InChI=1S/C14H20ClNOS/c1-9(2)13(17)8-16-12-5-6-18-14-4-3-10(15)7-11(12)14/h3-4,7,9,12-13,16-17H,5-6,8H2,1-2H3. The number of halogens is 1. The van der Waals surface area contributed by atoms with Gasteiger partial charge in [0, 0.05) is 22.5 Å². The van der Waals surface area contributed by atoms with Crippen LogP contribution < -0.4 is 5.32 Å². The number of nitrogens with one attached hydrogen (secondary N) is 1. The third-order valence-corrected chi connectivity index (χ3v) is 4.71. The van der Waals surface area contributed by atoms with Crippen molar-refractivity contribution < 1.29 is 5.11 Å². The first-order valence-electron chi connectivity index (χ1n) is 6.41. The number of benzene rings is 1. The van der Waals surface area contributed by atoms with E-state index in [0.717, 1.165) is 17.2 Å². The summed E-state index contributed by atoms with van der Waals surface area (Å²) in [6.45, 7) is 4.71. The van der Waals surface area contributed by atoms with Gasteiger partial charge in [0.15, 0.2) is 0 Å². The average molecular weight is 286 g/mol. The Morgan fingerprint density at radius 2 is 2.28 bits per heavy atom.